The minimum Gasteiger partial charge on any atom is -0.332 e. The molecule has 1 aromatic carbocycles. The number of rotatable bonds is 3. The van der Waals surface area contributed by atoms with Gasteiger partial charge in [0.2, 0.25) is 0 Å². The van der Waals surface area contributed by atoms with Crippen LogP contribution in [0.1, 0.15) is 23.7 Å². The second-order valence-electron chi connectivity index (χ2n) is 5.09. The Morgan fingerprint density at radius 2 is 1.95 bits per heavy atom. The highest BCUT2D eigenvalue weighted by Gasteiger charge is 2.15. The number of hydrogen-bond acceptors (Lipinski definition) is 1. The average molecular weight is 302 g/mol. The third-order valence-corrected chi connectivity index (χ3v) is 4.79. The first-order chi connectivity index (χ1) is 9.58. The molecular formula is C17H16ClNS. The van der Waals surface area contributed by atoms with Crippen molar-refractivity contribution in [1.29, 1.82) is 0 Å². The van der Waals surface area contributed by atoms with Crippen LogP contribution in [0.4, 0.5) is 0 Å². The molecule has 2 aromatic heterocycles. The van der Waals surface area contributed by atoms with Crippen molar-refractivity contribution in [2.75, 3.05) is 0 Å². The van der Waals surface area contributed by atoms with Gasteiger partial charge in [-0.25, -0.2) is 0 Å². The van der Waals surface area contributed by atoms with Crippen molar-refractivity contribution in [2.45, 2.75) is 20.4 Å². The molecule has 0 N–H and O–H groups in total. The quantitative estimate of drug-likeness (QED) is 0.581. The molecule has 0 amide bonds. The van der Waals surface area contributed by atoms with E-state index in [-0.39, 0.29) is 0 Å². The fourth-order valence-electron chi connectivity index (χ4n) is 2.68. The van der Waals surface area contributed by atoms with Crippen LogP contribution in [0.5, 0.6) is 0 Å². The Balaban J connectivity index is 2.11. The van der Waals surface area contributed by atoms with Crippen LogP contribution in [0.3, 0.4) is 0 Å². The number of hydrogen-bond donors (Lipinski definition) is 0. The lowest BCUT2D eigenvalue weighted by Gasteiger charge is -2.09. The lowest BCUT2D eigenvalue weighted by molar-refractivity contribution is 0.808. The highest BCUT2D eigenvalue weighted by Crippen LogP contribution is 2.34. The Morgan fingerprint density at radius 3 is 2.60 bits per heavy atom. The lowest BCUT2D eigenvalue weighted by atomic mass is 10.1. The maximum absolute atomic E-state index is 5.95. The summed E-state index contributed by atoms with van der Waals surface area (Å²) in [6, 6.07) is 10.3. The van der Waals surface area contributed by atoms with E-state index < -0.39 is 0 Å². The highest BCUT2D eigenvalue weighted by molar-refractivity contribution is 7.16. The molecule has 0 aliphatic heterocycles. The van der Waals surface area contributed by atoms with E-state index in [1.165, 1.54) is 27.0 Å². The molecule has 0 saturated heterocycles. The number of thiophene rings is 1. The molecule has 0 saturated carbocycles. The van der Waals surface area contributed by atoms with E-state index in [0.29, 0.717) is 0 Å². The molecule has 0 aliphatic carbocycles. The molecule has 3 heteroatoms. The van der Waals surface area contributed by atoms with Crippen LogP contribution in [0.2, 0.25) is 5.02 Å². The van der Waals surface area contributed by atoms with Crippen molar-refractivity contribution < 1.29 is 0 Å². The van der Waals surface area contributed by atoms with E-state index in [1.807, 2.05) is 12.1 Å². The maximum atomic E-state index is 5.95. The van der Waals surface area contributed by atoms with Crippen LogP contribution in [0.15, 0.2) is 42.3 Å². The largest absolute Gasteiger partial charge is 0.332 e. The van der Waals surface area contributed by atoms with Gasteiger partial charge in [-0.1, -0.05) is 30.3 Å². The van der Waals surface area contributed by atoms with Gasteiger partial charge in [0.05, 0.1) is 0 Å². The van der Waals surface area contributed by atoms with Gasteiger partial charge < -0.3 is 4.57 Å². The summed E-state index contributed by atoms with van der Waals surface area (Å²) >= 11 is 7.74. The monoisotopic (exact) mass is 301 g/mol. The maximum Gasteiger partial charge on any atom is 0.103 e. The topological polar surface area (TPSA) is 4.93 Å². The van der Waals surface area contributed by atoms with E-state index in [0.717, 1.165) is 17.1 Å². The number of aromatic nitrogens is 1. The SMILES string of the molecule is C=C(C)c1c(C)n(Cc2ccc(Cl)cc2)c2sccc12. The zero-order valence-corrected chi connectivity index (χ0v) is 13.2. The summed E-state index contributed by atoms with van der Waals surface area (Å²) in [5.41, 5.74) is 4.96. The summed E-state index contributed by atoms with van der Waals surface area (Å²) in [6.45, 7) is 9.24. The van der Waals surface area contributed by atoms with Crippen molar-refractivity contribution in [2.24, 2.45) is 0 Å². The number of allylic oxidation sites excluding steroid dienone is 1. The Morgan fingerprint density at radius 1 is 1.25 bits per heavy atom. The number of nitrogens with zero attached hydrogens (tertiary/aromatic N) is 1. The Kier molecular flexibility index (Phi) is 3.45. The van der Waals surface area contributed by atoms with Crippen molar-refractivity contribution >= 4 is 38.7 Å². The zero-order chi connectivity index (χ0) is 14.3. The van der Waals surface area contributed by atoms with Crippen molar-refractivity contribution in [3.8, 4) is 0 Å². The molecule has 20 heavy (non-hydrogen) atoms. The molecule has 0 bridgehead atoms. The van der Waals surface area contributed by atoms with Gasteiger partial charge in [0, 0.05) is 28.2 Å². The number of benzene rings is 1. The summed E-state index contributed by atoms with van der Waals surface area (Å²) in [6.07, 6.45) is 0. The molecule has 0 aliphatic rings. The fraction of sp³-hybridized carbons (Fsp3) is 0.176. The molecule has 3 aromatic rings. The number of halogens is 1. The number of fused-ring (bicyclic) bond motifs is 1. The van der Waals surface area contributed by atoms with Gasteiger partial charge in [0.1, 0.15) is 4.83 Å². The molecule has 0 spiro atoms. The zero-order valence-electron chi connectivity index (χ0n) is 11.6. The van der Waals surface area contributed by atoms with Crippen LogP contribution in [-0.2, 0) is 6.54 Å². The first-order valence-corrected chi connectivity index (χ1v) is 7.80. The Labute approximate surface area is 128 Å². The minimum absolute atomic E-state index is 0.780. The van der Waals surface area contributed by atoms with E-state index >= 15 is 0 Å². The van der Waals surface area contributed by atoms with Crippen LogP contribution >= 0.6 is 22.9 Å². The second kappa shape index (κ2) is 5.12. The molecule has 0 radical (unpaired) electrons. The molecule has 0 unspecified atom stereocenters. The normalized spacial score (nSPS) is 11.2. The lowest BCUT2D eigenvalue weighted by Crippen LogP contribution is -2.01. The summed E-state index contributed by atoms with van der Waals surface area (Å²) < 4.78 is 2.37. The molecule has 102 valence electrons. The fourth-order valence-corrected chi connectivity index (χ4v) is 3.77. The Bertz CT molecular complexity index is 777. The van der Waals surface area contributed by atoms with Crippen molar-refractivity contribution in [3.63, 3.8) is 0 Å². The summed E-state index contributed by atoms with van der Waals surface area (Å²) in [5, 5.41) is 4.24. The van der Waals surface area contributed by atoms with Crippen molar-refractivity contribution in [3.05, 3.63) is 64.1 Å². The van der Waals surface area contributed by atoms with Crippen molar-refractivity contribution in [1.82, 2.24) is 4.57 Å². The van der Waals surface area contributed by atoms with Gasteiger partial charge in [-0.3, -0.25) is 0 Å². The third kappa shape index (κ3) is 2.19. The van der Waals surface area contributed by atoms with E-state index in [9.17, 15) is 0 Å². The summed E-state index contributed by atoms with van der Waals surface area (Å²) in [7, 11) is 0. The molecular weight excluding hydrogens is 286 g/mol. The van der Waals surface area contributed by atoms with Crippen LogP contribution in [0.25, 0.3) is 15.8 Å². The van der Waals surface area contributed by atoms with Gasteiger partial charge in [0.25, 0.3) is 0 Å². The smallest absolute Gasteiger partial charge is 0.103 e. The van der Waals surface area contributed by atoms with Gasteiger partial charge in [-0.15, -0.1) is 11.3 Å². The standard InChI is InChI=1S/C17H16ClNS/c1-11(2)16-12(3)19(17-15(16)8-9-20-17)10-13-4-6-14(18)7-5-13/h4-9H,1,10H2,2-3H3. The molecule has 2 heterocycles. The third-order valence-electron chi connectivity index (χ3n) is 3.61. The van der Waals surface area contributed by atoms with Gasteiger partial charge in [-0.2, -0.15) is 0 Å². The molecule has 3 rings (SSSR count). The minimum atomic E-state index is 0.780. The first-order valence-electron chi connectivity index (χ1n) is 6.54. The summed E-state index contributed by atoms with van der Waals surface area (Å²) in [5.74, 6) is 0. The Hall–Kier alpha value is -1.51. The van der Waals surface area contributed by atoms with Gasteiger partial charge >= 0.3 is 0 Å². The predicted octanol–water partition coefficient (Wildman–Crippen LogP) is 5.75. The van der Waals surface area contributed by atoms with E-state index in [1.54, 1.807) is 11.3 Å². The molecule has 0 fully saturated rings. The molecule has 1 nitrogen and oxygen atoms in total. The van der Waals surface area contributed by atoms with Crippen LogP contribution in [-0.4, -0.2) is 4.57 Å². The highest BCUT2D eigenvalue weighted by atomic mass is 35.5. The van der Waals surface area contributed by atoms with Gasteiger partial charge in [0.15, 0.2) is 0 Å². The second-order valence-corrected chi connectivity index (χ2v) is 6.42. The van der Waals surface area contributed by atoms with E-state index in [2.05, 4.69) is 48.6 Å². The van der Waals surface area contributed by atoms with Crippen LogP contribution < -0.4 is 0 Å². The molecule has 0 atom stereocenters. The average Bonchev–Trinajstić information content (AvgIpc) is 2.94. The van der Waals surface area contributed by atoms with Crippen LogP contribution in [0, 0.1) is 6.92 Å². The van der Waals surface area contributed by atoms with E-state index in [4.69, 9.17) is 11.6 Å². The predicted molar refractivity (Wildman–Crippen MR) is 89.8 cm³/mol. The first kappa shape index (κ1) is 13.5. The van der Waals surface area contributed by atoms with Gasteiger partial charge in [-0.05, 0) is 48.6 Å². The summed E-state index contributed by atoms with van der Waals surface area (Å²) in [4.78, 5) is 1.32.